The molecule has 1 saturated carbocycles. The average Bonchev–Trinajstić information content (AvgIpc) is 2.28. The van der Waals surface area contributed by atoms with Crippen LogP contribution in [0, 0.1) is 0 Å². The molecule has 13 heavy (non-hydrogen) atoms. The number of carbonyl (C=O) groups is 1. The second kappa shape index (κ2) is 3.14. The zero-order valence-electron chi connectivity index (χ0n) is 6.88. The van der Waals surface area contributed by atoms with Gasteiger partial charge in [0, 0.05) is 5.92 Å². The highest BCUT2D eigenvalue weighted by atomic mass is 79.9. The Morgan fingerprint density at radius 2 is 2.31 bits per heavy atom. The fourth-order valence-electron chi connectivity index (χ4n) is 1.53. The number of nitrogens with zero attached hydrogens (tertiary/aromatic N) is 1. The lowest BCUT2D eigenvalue weighted by Crippen LogP contribution is -2.13. The summed E-state index contributed by atoms with van der Waals surface area (Å²) in [4.78, 5) is 10.9. The molecule has 1 fully saturated rings. The van der Waals surface area contributed by atoms with Gasteiger partial charge in [-0.25, -0.2) is 4.79 Å². The molecule has 0 spiro atoms. The fourth-order valence-corrected chi connectivity index (χ4v) is 2.00. The van der Waals surface area contributed by atoms with Gasteiger partial charge in [-0.2, -0.15) is 5.10 Å². The van der Waals surface area contributed by atoms with E-state index >= 15 is 0 Å². The molecule has 4 nitrogen and oxygen atoms in total. The molecule has 1 aliphatic rings. The average molecular weight is 245 g/mol. The van der Waals surface area contributed by atoms with E-state index in [1.54, 1.807) is 0 Å². The van der Waals surface area contributed by atoms with Crippen LogP contribution in [0.3, 0.4) is 0 Å². The SMILES string of the molecule is O=C(O)c1c(Br)n[nH]c1C1CCC1. The molecule has 0 radical (unpaired) electrons. The third-order valence-corrected chi connectivity index (χ3v) is 3.05. The zero-order chi connectivity index (χ0) is 9.42. The molecule has 0 bridgehead atoms. The number of carboxylic acids is 1. The number of aromatic nitrogens is 2. The molecule has 0 saturated heterocycles. The Bertz CT molecular complexity index is 344. The van der Waals surface area contributed by atoms with Crippen molar-refractivity contribution in [2.45, 2.75) is 25.2 Å². The van der Waals surface area contributed by atoms with E-state index in [1.807, 2.05) is 0 Å². The molecule has 0 atom stereocenters. The summed E-state index contributed by atoms with van der Waals surface area (Å²) in [6.07, 6.45) is 3.31. The van der Waals surface area contributed by atoms with Gasteiger partial charge < -0.3 is 5.11 Å². The van der Waals surface area contributed by atoms with E-state index in [9.17, 15) is 4.79 Å². The van der Waals surface area contributed by atoms with Crippen LogP contribution in [0.4, 0.5) is 0 Å². The van der Waals surface area contributed by atoms with Crippen LogP contribution in [-0.4, -0.2) is 21.3 Å². The van der Waals surface area contributed by atoms with Gasteiger partial charge in [0.15, 0.2) is 0 Å². The quantitative estimate of drug-likeness (QED) is 0.838. The second-order valence-electron chi connectivity index (χ2n) is 3.24. The molecule has 1 aromatic rings. The van der Waals surface area contributed by atoms with Crippen LogP contribution in [0.25, 0.3) is 0 Å². The van der Waals surface area contributed by atoms with Crippen molar-refractivity contribution in [2.24, 2.45) is 0 Å². The topological polar surface area (TPSA) is 66.0 Å². The second-order valence-corrected chi connectivity index (χ2v) is 3.99. The first-order chi connectivity index (χ1) is 6.20. The molecule has 70 valence electrons. The maximum absolute atomic E-state index is 10.9. The molecule has 0 aliphatic heterocycles. The largest absolute Gasteiger partial charge is 0.478 e. The number of H-pyrrole nitrogens is 1. The van der Waals surface area contributed by atoms with Crippen molar-refractivity contribution in [3.05, 3.63) is 15.9 Å². The van der Waals surface area contributed by atoms with Crippen LogP contribution in [0.5, 0.6) is 0 Å². The standard InChI is InChI=1S/C8H9BrN2O2/c9-7-5(8(12)13)6(10-11-7)4-2-1-3-4/h4H,1-3H2,(H,10,11)(H,12,13). The van der Waals surface area contributed by atoms with Crippen molar-refractivity contribution in [2.75, 3.05) is 0 Å². The number of aromatic carboxylic acids is 1. The third-order valence-electron chi connectivity index (χ3n) is 2.48. The minimum atomic E-state index is -0.914. The highest BCUT2D eigenvalue weighted by molar-refractivity contribution is 9.10. The maximum Gasteiger partial charge on any atom is 0.340 e. The molecule has 1 heterocycles. The van der Waals surface area contributed by atoms with Crippen molar-refractivity contribution in [1.29, 1.82) is 0 Å². The Hall–Kier alpha value is -0.840. The normalized spacial score (nSPS) is 17.0. The van der Waals surface area contributed by atoms with Gasteiger partial charge in [0.05, 0.1) is 5.69 Å². The molecule has 1 aromatic heterocycles. The predicted molar refractivity (Wildman–Crippen MR) is 49.8 cm³/mol. The van der Waals surface area contributed by atoms with Crippen LogP contribution < -0.4 is 0 Å². The molecule has 1 aliphatic carbocycles. The molecule has 0 aromatic carbocycles. The van der Waals surface area contributed by atoms with Crippen LogP contribution >= 0.6 is 15.9 Å². The van der Waals surface area contributed by atoms with Crippen molar-refractivity contribution in [3.8, 4) is 0 Å². The number of hydrogen-bond donors (Lipinski definition) is 2. The number of halogens is 1. The van der Waals surface area contributed by atoms with Gasteiger partial charge in [-0.3, -0.25) is 5.10 Å². The van der Waals surface area contributed by atoms with E-state index in [-0.39, 0.29) is 0 Å². The van der Waals surface area contributed by atoms with E-state index in [0.717, 1.165) is 18.5 Å². The Labute approximate surface area is 83.5 Å². The van der Waals surface area contributed by atoms with Crippen molar-refractivity contribution < 1.29 is 9.90 Å². The summed E-state index contributed by atoms with van der Waals surface area (Å²) in [5.74, 6) is -0.549. The summed E-state index contributed by atoms with van der Waals surface area (Å²) < 4.78 is 0.405. The van der Waals surface area contributed by atoms with Gasteiger partial charge in [-0.1, -0.05) is 6.42 Å². The van der Waals surface area contributed by atoms with Crippen LogP contribution in [-0.2, 0) is 0 Å². The van der Waals surface area contributed by atoms with Gasteiger partial charge in [-0.15, -0.1) is 0 Å². The fraction of sp³-hybridized carbons (Fsp3) is 0.500. The Kier molecular flexibility index (Phi) is 2.11. The van der Waals surface area contributed by atoms with Crippen molar-refractivity contribution >= 4 is 21.9 Å². The monoisotopic (exact) mass is 244 g/mol. The third kappa shape index (κ3) is 1.37. The van der Waals surface area contributed by atoms with Crippen molar-refractivity contribution in [1.82, 2.24) is 10.2 Å². The smallest absolute Gasteiger partial charge is 0.340 e. The van der Waals surface area contributed by atoms with Crippen molar-refractivity contribution in [3.63, 3.8) is 0 Å². The summed E-state index contributed by atoms with van der Waals surface area (Å²) in [5.41, 5.74) is 1.07. The lowest BCUT2D eigenvalue weighted by Gasteiger charge is -2.24. The number of carboxylic acid groups (broad SMARTS) is 1. The lowest BCUT2D eigenvalue weighted by molar-refractivity contribution is 0.0693. The highest BCUT2D eigenvalue weighted by Gasteiger charge is 2.28. The maximum atomic E-state index is 10.9. The predicted octanol–water partition coefficient (Wildman–Crippen LogP) is 2.14. The van der Waals surface area contributed by atoms with Gasteiger partial charge in [0.25, 0.3) is 0 Å². The lowest BCUT2D eigenvalue weighted by atomic mass is 9.82. The first-order valence-corrected chi connectivity index (χ1v) is 4.96. The summed E-state index contributed by atoms with van der Waals surface area (Å²) in [6, 6.07) is 0. The number of aromatic amines is 1. The van der Waals surface area contributed by atoms with Gasteiger partial charge in [0.2, 0.25) is 0 Å². The molecule has 0 unspecified atom stereocenters. The molecule has 0 amide bonds. The number of hydrogen-bond acceptors (Lipinski definition) is 2. The number of nitrogens with one attached hydrogen (secondary N) is 1. The van der Waals surface area contributed by atoms with Gasteiger partial charge in [-0.05, 0) is 28.8 Å². The van der Waals surface area contributed by atoms with Crippen LogP contribution in [0.2, 0.25) is 0 Å². The van der Waals surface area contributed by atoms with Crippen LogP contribution in [0.15, 0.2) is 4.60 Å². The number of rotatable bonds is 2. The first-order valence-electron chi connectivity index (χ1n) is 4.17. The Morgan fingerprint density at radius 3 is 2.77 bits per heavy atom. The van der Waals surface area contributed by atoms with Crippen LogP contribution in [0.1, 0.15) is 41.2 Å². The molecule has 5 heteroatoms. The summed E-state index contributed by atoms with van der Waals surface area (Å²) in [6.45, 7) is 0. The molecule has 2 rings (SSSR count). The summed E-state index contributed by atoms with van der Waals surface area (Å²) in [7, 11) is 0. The zero-order valence-corrected chi connectivity index (χ0v) is 8.47. The molecular weight excluding hydrogens is 236 g/mol. The van der Waals surface area contributed by atoms with Gasteiger partial charge >= 0.3 is 5.97 Å². The Morgan fingerprint density at radius 1 is 1.62 bits per heavy atom. The van der Waals surface area contributed by atoms with E-state index in [1.165, 1.54) is 6.42 Å². The summed E-state index contributed by atoms with van der Waals surface area (Å²) in [5, 5.41) is 15.5. The van der Waals surface area contributed by atoms with E-state index < -0.39 is 5.97 Å². The van der Waals surface area contributed by atoms with E-state index in [2.05, 4.69) is 26.1 Å². The highest BCUT2D eigenvalue weighted by Crippen LogP contribution is 2.38. The molecular formula is C8H9BrN2O2. The minimum absolute atomic E-state index is 0.296. The summed E-state index contributed by atoms with van der Waals surface area (Å²) >= 11 is 3.12. The van der Waals surface area contributed by atoms with E-state index in [0.29, 0.717) is 16.1 Å². The first kappa shape index (κ1) is 8.74. The minimum Gasteiger partial charge on any atom is -0.478 e. The van der Waals surface area contributed by atoms with E-state index in [4.69, 9.17) is 5.11 Å². The Balaban J connectivity index is 2.38. The van der Waals surface area contributed by atoms with Gasteiger partial charge in [0.1, 0.15) is 10.2 Å². The molecule has 2 N–H and O–H groups in total.